The van der Waals surface area contributed by atoms with Gasteiger partial charge in [0.25, 0.3) is 11.6 Å². The third-order valence-corrected chi connectivity index (χ3v) is 4.94. The van der Waals surface area contributed by atoms with E-state index in [4.69, 9.17) is 9.47 Å². The molecule has 0 saturated carbocycles. The lowest BCUT2D eigenvalue weighted by Gasteiger charge is -2.13. The highest BCUT2D eigenvalue weighted by molar-refractivity contribution is 7.13. The maximum Gasteiger partial charge on any atom is 0.358 e. The van der Waals surface area contributed by atoms with Gasteiger partial charge in [0.2, 0.25) is 0 Å². The predicted octanol–water partition coefficient (Wildman–Crippen LogP) is 3.91. The smallest absolute Gasteiger partial charge is 0.358 e. The molecule has 30 heavy (non-hydrogen) atoms. The molecule has 0 aliphatic rings. The van der Waals surface area contributed by atoms with Gasteiger partial charge in [-0.2, -0.15) is 0 Å². The molecule has 0 saturated heterocycles. The number of anilines is 1. The van der Waals surface area contributed by atoms with Gasteiger partial charge < -0.3 is 14.8 Å². The SMILES string of the molecule is COc1ccc(NC(=O)C(C)OC(=O)c2csc(-c3ccccc3)n2)c([N+](=O)[O-])c1. The molecule has 1 N–H and O–H groups in total. The molecular formula is C20H17N3O6S. The minimum Gasteiger partial charge on any atom is -0.496 e. The number of nitro groups is 1. The van der Waals surface area contributed by atoms with Crippen LogP contribution in [0.1, 0.15) is 17.4 Å². The van der Waals surface area contributed by atoms with Crippen molar-refractivity contribution in [1.29, 1.82) is 0 Å². The van der Waals surface area contributed by atoms with Gasteiger partial charge in [0.05, 0.1) is 18.1 Å². The summed E-state index contributed by atoms with van der Waals surface area (Å²) in [5, 5.41) is 15.8. The summed E-state index contributed by atoms with van der Waals surface area (Å²) in [6.45, 7) is 1.37. The van der Waals surface area contributed by atoms with E-state index >= 15 is 0 Å². The summed E-state index contributed by atoms with van der Waals surface area (Å²) in [4.78, 5) is 39.5. The number of nitrogens with one attached hydrogen (secondary N) is 1. The molecule has 0 fully saturated rings. The molecule has 0 radical (unpaired) electrons. The average molecular weight is 427 g/mol. The number of esters is 1. The second-order valence-corrected chi connectivity index (χ2v) is 6.94. The molecule has 0 aliphatic carbocycles. The van der Waals surface area contributed by atoms with E-state index in [1.54, 1.807) is 5.38 Å². The topological polar surface area (TPSA) is 121 Å². The molecule has 1 heterocycles. The third kappa shape index (κ3) is 4.78. The Balaban J connectivity index is 1.67. The van der Waals surface area contributed by atoms with Crippen molar-refractivity contribution in [2.45, 2.75) is 13.0 Å². The summed E-state index contributed by atoms with van der Waals surface area (Å²) in [5.41, 5.74) is 0.565. The zero-order valence-corrected chi connectivity index (χ0v) is 16.8. The van der Waals surface area contributed by atoms with E-state index in [1.807, 2.05) is 30.3 Å². The van der Waals surface area contributed by atoms with Crippen molar-refractivity contribution < 1.29 is 24.0 Å². The van der Waals surface area contributed by atoms with Crippen LogP contribution in [0.25, 0.3) is 10.6 Å². The second kappa shape index (κ2) is 9.14. The third-order valence-electron chi connectivity index (χ3n) is 4.05. The molecule has 1 aromatic heterocycles. The van der Waals surface area contributed by atoms with Crippen molar-refractivity contribution in [3.05, 3.63) is 69.7 Å². The fourth-order valence-electron chi connectivity index (χ4n) is 2.48. The molecule has 3 aromatic rings. The molecule has 0 aliphatic heterocycles. The number of nitrogens with zero attached hydrogens (tertiary/aromatic N) is 2. The standard InChI is InChI=1S/C20H17N3O6S/c1-12(18(24)21-15-9-8-14(28-2)10-17(15)23(26)27)29-20(25)16-11-30-19(22-16)13-6-4-3-5-7-13/h3-12H,1-2H3,(H,21,24). The number of thiazole rings is 1. The quantitative estimate of drug-likeness (QED) is 0.345. The highest BCUT2D eigenvalue weighted by Gasteiger charge is 2.24. The Morgan fingerprint density at radius 2 is 1.93 bits per heavy atom. The van der Waals surface area contributed by atoms with Crippen LogP contribution in [0, 0.1) is 10.1 Å². The van der Waals surface area contributed by atoms with E-state index in [2.05, 4.69) is 10.3 Å². The largest absolute Gasteiger partial charge is 0.496 e. The fourth-order valence-corrected chi connectivity index (χ4v) is 3.28. The van der Waals surface area contributed by atoms with Gasteiger partial charge in [0, 0.05) is 10.9 Å². The van der Waals surface area contributed by atoms with Crippen LogP contribution in [0.5, 0.6) is 5.75 Å². The van der Waals surface area contributed by atoms with Crippen LogP contribution in [0.3, 0.4) is 0 Å². The summed E-state index contributed by atoms with van der Waals surface area (Å²) in [6, 6.07) is 13.3. The van der Waals surface area contributed by atoms with Crippen LogP contribution < -0.4 is 10.1 Å². The first-order valence-corrected chi connectivity index (χ1v) is 9.62. The molecule has 2 aromatic carbocycles. The summed E-state index contributed by atoms with van der Waals surface area (Å²) in [5.74, 6) is -1.20. The van der Waals surface area contributed by atoms with Crippen LogP contribution in [-0.4, -0.2) is 35.0 Å². The Kier molecular flexibility index (Phi) is 6.38. The van der Waals surface area contributed by atoms with Gasteiger partial charge in [-0.25, -0.2) is 9.78 Å². The number of hydrogen-bond donors (Lipinski definition) is 1. The minimum atomic E-state index is -1.19. The van der Waals surface area contributed by atoms with Gasteiger partial charge in [-0.1, -0.05) is 30.3 Å². The zero-order valence-electron chi connectivity index (χ0n) is 16.0. The molecule has 0 spiro atoms. The molecule has 10 heteroatoms. The summed E-state index contributed by atoms with van der Waals surface area (Å²) >= 11 is 1.28. The van der Waals surface area contributed by atoms with Crippen molar-refractivity contribution in [3.63, 3.8) is 0 Å². The molecule has 9 nitrogen and oxygen atoms in total. The van der Waals surface area contributed by atoms with E-state index < -0.39 is 22.9 Å². The normalized spacial score (nSPS) is 11.4. The predicted molar refractivity (Wildman–Crippen MR) is 111 cm³/mol. The van der Waals surface area contributed by atoms with Crippen molar-refractivity contribution in [1.82, 2.24) is 4.98 Å². The number of benzene rings is 2. The number of hydrogen-bond acceptors (Lipinski definition) is 8. The van der Waals surface area contributed by atoms with Crippen LogP contribution in [0.15, 0.2) is 53.9 Å². The van der Waals surface area contributed by atoms with Crippen LogP contribution in [0.4, 0.5) is 11.4 Å². The Bertz CT molecular complexity index is 1080. The number of carbonyl (C=O) groups is 2. The fraction of sp³-hybridized carbons (Fsp3) is 0.150. The van der Waals surface area contributed by atoms with Crippen molar-refractivity contribution in [2.75, 3.05) is 12.4 Å². The highest BCUT2D eigenvalue weighted by Crippen LogP contribution is 2.29. The van der Waals surface area contributed by atoms with Gasteiger partial charge >= 0.3 is 5.97 Å². The van der Waals surface area contributed by atoms with Gasteiger partial charge in [-0.05, 0) is 19.1 Å². The number of aromatic nitrogens is 1. The number of amides is 1. The van der Waals surface area contributed by atoms with E-state index in [0.717, 1.165) is 5.56 Å². The first kappa shape index (κ1) is 20.9. The first-order chi connectivity index (χ1) is 14.4. The van der Waals surface area contributed by atoms with Gasteiger partial charge in [-0.15, -0.1) is 11.3 Å². The van der Waals surface area contributed by atoms with Crippen molar-refractivity contribution in [3.8, 4) is 16.3 Å². The lowest BCUT2D eigenvalue weighted by atomic mass is 10.2. The lowest BCUT2D eigenvalue weighted by Crippen LogP contribution is -2.30. The van der Waals surface area contributed by atoms with E-state index in [0.29, 0.717) is 5.01 Å². The van der Waals surface area contributed by atoms with Gasteiger partial charge in [0.15, 0.2) is 11.8 Å². The molecular weight excluding hydrogens is 410 g/mol. The highest BCUT2D eigenvalue weighted by atomic mass is 32.1. The number of carbonyl (C=O) groups excluding carboxylic acids is 2. The molecule has 1 unspecified atom stereocenters. The van der Waals surface area contributed by atoms with Crippen LogP contribution in [-0.2, 0) is 9.53 Å². The van der Waals surface area contributed by atoms with E-state index in [1.165, 1.54) is 43.6 Å². The van der Waals surface area contributed by atoms with Crippen LogP contribution >= 0.6 is 11.3 Å². The molecule has 1 atom stereocenters. The molecule has 1 amide bonds. The molecule has 0 bridgehead atoms. The summed E-state index contributed by atoms with van der Waals surface area (Å²) in [7, 11) is 1.38. The maximum absolute atomic E-state index is 12.4. The van der Waals surface area contributed by atoms with E-state index in [-0.39, 0.29) is 22.8 Å². The number of nitro benzene ring substituents is 1. The first-order valence-electron chi connectivity index (χ1n) is 8.74. The Hall–Kier alpha value is -3.79. The van der Waals surface area contributed by atoms with E-state index in [9.17, 15) is 19.7 Å². The number of rotatable bonds is 7. The van der Waals surface area contributed by atoms with Gasteiger partial charge in [-0.3, -0.25) is 14.9 Å². The summed E-state index contributed by atoms with van der Waals surface area (Å²) < 4.78 is 10.1. The Morgan fingerprint density at radius 3 is 2.60 bits per heavy atom. The number of methoxy groups -OCH3 is 1. The molecule has 154 valence electrons. The second-order valence-electron chi connectivity index (χ2n) is 6.08. The maximum atomic E-state index is 12.4. The average Bonchev–Trinajstić information content (AvgIpc) is 3.25. The summed E-state index contributed by atoms with van der Waals surface area (Å²) in [6.07, 6.45) is -1.19. The van der Waals surface area contributed by atoms with Crippen molar-refractivity contribution in [2.24, 2.45) is 0 Å². The lowest BCUT2D eigenvalue weighted by molar-refractivity contribution is -0.384. The Morgan fingerprint density at radius 1 is 1.20 bits per heavy atom. The monoisotopic (exact) mass is 427 g/mol. The van der Waals surface area contributed by atoms with Crippen molar-refractivity contribution >= 4 is 34.6 Å². The minimum absolute atomic E-state index is 0.0336. The van der Waals surface area contributed by atoms with Gasteiger partial charge in [0.1, 0.15) is 16.4 Å². The van der Waals surface area contributed by atoms with Crippen LogP contribution in [0.2, 0.25) is 0 Å². The zero-order chi connectivity index (χ0) is 21.7. The Labute approximate surface area is 175 Å². The molecule has 3 rings (SSSR count). The number of ether oxygens (including phenoxy) is 2.